The van der Waals surface area contributed by atoms with E-state index < -0.39 is 0 Å². The number of amides is 1. The van der Waals surface area contributed by atoms with Crippen LogP contribution in [0.3, 0.4) is 0 Å². The Bertz CT molecular complexity index is 728. The number of carbonyl (C=O) groups is 1. The van der Waals surface area contributed by atoms with Gasteiger partial charge in [-0.05, 0) is 56.4 Å². The molecule has 1 aromatic heterocycles. The number of hydrogen-bond acceptors (Lipinski definition) is 4. The van der Waals surface area contributed by atoms with Gasteiger partial charge in [-0.15, -0.1) is 0 Å². The molecule has 0 spiro atoms. The predicted octanol–water partition coefficient (Wildman–Crippen LogP) is 2.67. The molecule has 1 aliphatic heterocycles. The molecule has 2 heterocycles. The molecule has 0 radical (unpaired) electrons. The van der Waals surface area contributed by atoms with Crippen LogP contribution in [-0.2, 0) is 11.3 Å². The van der Waals surface area contributed by atoms with E-state index in [1.54, 1.807) is 6.20 Å². The van der Waals surface area contributed by atoms with E-state index in [0.717, 1.165) is 23.4 Å². The lowest BCUT2D eigenvalue weighted by Crippen LogP contribution is -2.42. The number of rotatable bonds is 4. The lowest BCUT2D eigenvalue weighted by molar-refractivity contribution is -0.0228. The molecular formula is C20H25N3O2. The Morgan fingerprint density at radius 3 is 2.72 bits per heavy atom. The van der Waals surface area contributed by atoms with Gasteiger partial charge in [0.1, 0.15) is 6.10 Å². The molecule has 0 saturated carbocycles. The number of ether oxygens (including phenoxy) is 1. The Hall–Kier alpha value is -2.24. The lowest BCUT2D eigenvalue weighted by atomic mass is 10.1. The van der Waals surface area contributed by atoms with Gasteiger partial charge in [-0.1, -0.05) is 12.1 Å². The summed E-state index contributed by atoms with van der Waals surface area (Å²) in [5.74, 6) is 0.0653. The van der Waals surface area contributed by atoms with Crippen molar-refractivity contribution in [3.05, 3.63) is 65.0 Å². The molecule has 132 valence electrons. The molecule has 5 nitrogen and oxygen atoms in total. The van der Waals surface area contributed by atoms with Gasteiger partial charge in [0, 0.05) is 30.5 Å². The highest BCUT2D eigenvalue weighted by atomic mass is 16.5. The number of benzene rings is 1. The normalized spacial score (nSPS) is 17.8. The molecule has 1 amide bonds. The Balaban J connectivity index is 1.69. The van der Waals surface area contributed by atoms with Gasteiger partial charge < -0.3 is 14.5 Å². The van der Waals surface area contributed by atoms with Crippen LogP contribution in [0.4, 0.5) is 0 Å². The summed E-state index contributed by atoms with van der Waals surface area (Å²) in [6, 6.07) is 11.9. The maximum atomic E-state index is 12.8. The van der Waals surface area contributed by atoms with E-state index in [4.69, 9.17) is 4.74 Å². The van der Waals surface area contributed by atoms with Gasteiger partial charge in [-0.2, -0.15) is 0 Å². The van der Waals surface area contributed by atoms with Crippen molar-refractivity contribution in [3.8, 4) is 0 Å². The number of nitrogens with zero attached hydrogens (tertiary/aromatic N) is 3. The third-order valence-corrected chi connectivity index (χ3v) is 4.35. The summed E-state index contributed by atoms with van der Waals surface area (Å²) in [7, 11) is 4.07. The highest BCUT2D eigenvalue weighted by Gasteiger charge is 2.26. The smallest absolute Gasteiger partial charge is 0.254 e. The largest absolute Gasteiger partial charge is 0.370 e. The van der Waals surface area contributed by atoms with Crippen molar-refractivity contribution < 1.29 is 9.53 Å². The number of hydrogen-bond donors (Lipinski definition) is 0. The van der Waals surface area contributed by atoms with E-state index in [1.165, 1.54) is 5.56 Å². The molecule has 3 rings (SSSR count). The molecule has 2 aromatic rings. The second kappa shape index (κ2) is 7.76. The van der Waals surface area contributed by atoms with Gasteiger partial charge in [0.15, 0.2) is 0 Å². The standard InChI is InChI=1S/C20H25N3O2/c1-15-12-18(8-9-21-15)19-14-23(10-11-25-19)20(24)17-6-4-16(5-7-17)13-22(2)3/h4-9,12,19H,10-11,13-14H2,1-3H3/t19-/m0/s1. The average molecular weight is 339 g/mol. The summed E-state index contributed by atoms with van der Waals surface area (Å²) in [4.78, 5) is 21.0. The number of aryl methyl sites for hydroxylation is 1. The molecule has 0 unspecified atom stereocenters. The summed E-state index contributed by atoms with van der Waals surface area (Å²) in [6.07, 6.45) is 1.70. The minimum absolute atomic E-state index is 0.0653. The quantitative estimate of drug-likeness (QED) is 0.859. The molecule has 1 aromatic carbocycles. The number of pyridine rings is 1. The second-order valence-electron chi connectivity index (χ2n) is 6.78. The number of aromatic nitrogens is 1. The highest BCUT2D eigenvalue weighted by molar-refractivity contribution is 5.94. The summed E-state index contributed by atoms with van der Waals surface area (Å²) >= 11 is 0. The first-order valence-corrected chi connectivity index (χ1v) is 8.60. The Morgan fingerprint density at radius 2 is 2.04 bits per heavy atom. The van der Waals surface area contributed by atoms with Crippen LogP contribution in [0.15, 0.2) is 42.6 Å². The first kappa shape index (κ1) is 17.6. The fourth-order valence-electron chi connectivity index (χ4n) is 3.10. The summed E-state index contributed by atoms with van der Waals surface area (Å²) < 4.78 is 5.87. The van der Waals surface area contributed by atoms with E-state index in [1.807, 2.05) is 62.3 Å². The van der Waals surface area contributed by atoms with Crippen molar-refractivity contribution in [3.63, 3.8) is 0 Å². The van der Waals surface area contributed by atoms with Crippen LogP contribution in [0, 0.1) is 6.92 Å². The van der Waals surface area contributed by atoms with Crippen LogP contribution in [0.2, 0.25) is 0 Å². The number of morpholine rings is 1. The topological polar surface area (TPSA) is 45.7 Å². The van der Waals surface area contributed by atoms with Crippen LogP contribution in [-0.4, -0.2) is 54.5 Å². The van der Waals surface area contributed by atoms with Gasteiger partial charge in [-0.25, -0.2) is 0 Å². The van der Waals surface area contributed by atoms with Crippen LogP contribution in [0.1, 0.15) is 33.3 Å². The van der Waals surface area contributed by atoms with Crippen LogP contribution >= 0.6 is 0 Å². The first-order chi connectivity index (χ1) is 12.0. The van der Waals surface area contributed by atoms with E-state index in [0.29, 0.717) is 19.7 Å². The first-order valence-electron chi connectivity index (χ1n) is 8.60. The molecule has 1 aliphatic rings. The second-order valence-corrected chi connectivity index (χ2v) is 6.78. The average Bonchev–Trinajstić information content (AvgIpc) is 2.61. The van der Waals surface area contributed by atoms with E-state index >= 15 is 0 Å². The van der Waals surface area contributed by atoms with Crippen molar-refractivity contribution >= 4 is 5.91 Å². The van der Waals surface area contributed by atoms with Crippen LogP contribution < -0.4 is 0 Å². The van der Waals surface area contributed by atoms with Crippen molar-refractivity contribution in [1.29, 1.82) is 0 Å². The Labute approximate surface area is 149 Å². The van der Waals surface area contributed by atoms with E-state index in [9.17, 15) is 4.79 Å². The van der Waals surface area contributed by atoms with Gasteiger partial charge in [-0.3, -0.25) is 9.78 Å². The molecule has 0 aliphatic carbocycles. The maximum absolute atomic E-state index is 12.8. The zero-order valence-corrected chi connectivity index (χ0v) is 15.1. The molecule has 5 heteroatoms. The molecular weight excluding hydrogens is 314 g/mol. The van der Waals surface area contributed by atoms with E-state index in [-0.39, 0.29) is 12.0 Å². The fraction of sp³-hybridized carbons (Fsp3) is 0.400. The lowest BCUT2D eigenvalue weighted by Gasteiger charge is -2.33. The van der Waals surface area contributed by atoms with Crippen molar-refractivity contribution in [2.24, 2.45) is 0 Å². The Kier molecular flexibility index (Phi) is 5.46. The number of carbonyl (C=O) groups excluding carboxylic acids is 1. The molecule has 25 heavy (non-hydrogen) atoms. The van der Waals surface area contributed by atoms with Gasteiger partial charge in [0.05, 0.1) is 13.2 Å². The van der Waals surface area contributed by atoms with Gasteiger partial charge in [0.25, 0.3) is 5.91 Å². The minimum Gasteiger partial charge on any atom is -0.370 e. The van der Waals surface area contributed by atoms with Gasteiger partial charge >= 0.3 is 0 Å². The predicted molar refractivity (Wildman–Crippen MR) is 97.4 cm³/mol. The zero-order valence-electron chi connectivity index (χ0n) is 15.1. The molecule has 1 atom stereocenters. The van der Waals surface area contributed by atoms with Crippen molar-refractivity contribution in [2.75, 3.05) is 33.8 Å². The van der Waals surface area contributed by atoms with Crippen LogP contribution in [0.5, 0.6) is 0 Å². The third-order valence-electron chi connectivity index (χ3n) is 4.35. The van der Waals surface area contributed by atoms with E-state index in [2.05, 4.69) is 9.88 Å². The maximum Gasteiger partial charge on any atom is 0.254 e. The minimum atomic E-state index is -0.0904. The summed E-state index contributed by atoms with van der Waals surface area (Å²) in [5, 5.41) is 0. The Morgan fingerprint density at radius 1 is 1.28 bits per heavy atom. The molecule has 0 bridgehead atoms. The zero-order chi connectivity index (χ0) is 17.8. The summed E-state index contributed by atoms with van der Waals surface area (Å²) in [5.41, 5.74) is 3.97. The molecule has 0 N–H and O–H groups in total. The van der Waals surface area contributed by atoms with Crippen LogP contribution in [0.25, 0.3) is 0 Å². The van der Waals surface area contributed by atoms with Gasteiger partial charge in [0.2, 0.25) is 0 Å². The molecule has 1 saturated heterocycles. The summed E-state index contributed by atoms with van der Waals surface area (Å²) in [6.45, 7) is 4.58. The monoisotopic (exact) mass is 339 g/mol. The van der Waals surface area contributed by atoms with Crippen molar-refractivity contribution in [1.82, 2.24) is 14.8 Å². The fourth-order valence-corrected chi connectivity index (χ4v) is 3.10. The molecule has 1 fully saturated rings. The van der Waals surface area contributed by atoms with Crippen molar-refractivity contribution in [2.45, 2.75) is 19.6 Å². The highest BCUT2D eigenvalue weighted by Crippen LogP contribution is 2.23. The SMILES string of the molecule is Cc1cc([C@@H]2CN(C(=O)c3ccc(CN(C)C)cc3)CCO2)ccn1. The third kappa shape index (κ3) is 4.44.